The summed E-state index contributed by atoms with van der Waals surface area (Å²) in [5, 5.41) is 0. The number of hydrogen-bond donors (Lipinski definition) is 0. The quantitative estimate of drug-likeness (QED) is 0.0327. The van der Waals surface area contributed by atoms with Crippen LogP contribution in [-0.2, 0) is 14.3 Å². The van der Waals surface area contributed by atoms with Crippen molar-refractivity contribution in [3.05, 3.63) is 89.5 Å². The molecule has 7 heteroatoms. The number of benzene rings is 3. The Bertz CT molecular complexity index is 1480. The monoisotopic (exact) mass is 674 g/mol. The lowest BCUT2D eigenvalue weighted by Crippen LogP contribution is -2.08. The van der Waals surface area contributed by atoms with E-state index < -0.39 is 16.1 Å². The number of rotatable bonds is 23. The molecule has 0 saturated carbocycles. The van der Waals surface area contributed by atoms with E-state index in [2.05, 4.69) is 25.7 Å². The van der Waals surface area contributed by atoms with E-state index in [-0.39, 0.29) is 11.5 Å². The van der Waals surface area contributed by atoms with E-state index in [0.717, 1.165) is 37.0 Å². The highest BCUT2D eigenvalue weighted by molar-refractivity contribution is 7.86. The Morgan fingerprint density at radius 3 is 1.50 bits per heavy atom. The third kappa shape index (κ3) is 15.5. The fourth-order valence-corrected chi connectivity index (χ4v) is 6.15. The maximum atomic E-state index is 12.7. The van der Waals surface area contributed by atoms with Crippen LogP contribution in [0.15, 0.2) is 77.7 Å². The predicted octanol–water partition coefficient (Wildman–Crippen LogP) is 10.7. The Morgan fingerprint density at radius 2 is 0.979 bits per heavy atom. The molecule has 0 aliphatic rings. The third-order valence-corrected chi connectivity index (χ3v) is 9.48. The van der Waals surface area contributed by atoms with Gasteiger partial charge in [0.25, 0.3) is 10.1 Å². The van der Waals surface area contributed by atoms with Crippen molar-refractivity contribution in [1.29, 1.82) is 0 Å². The van der Waals surface area contributed by atoms with Crippen molar-refractivity contribution < 1.29 is 26.9 Å². The number of carbonyl (C=O) groups is 1. The molecule has 3 rings (SSSR count). The molecule has 0 N–H and O–H groups in total. The van der Waals surface area contributed by atoms with Crippen LogP contribution in [0.2, 0.25) is 0 Å². The molecule has 260 valence electrons. The van der Waals surface area contributed by atoms with Gasteiger partial charge in [-0.2, -0.15) is 8.42 Å². The van der Waals surface area contributed by atoms with Crippen molar-refractivity contribution in [1.82, 2.24) is 0 Å². The van der Waals surface area contributed by atoms with Crippen molar-refractivity contribution in [3.8, 4) is 23.3 Å². The summed E-state index contributed by atoms with van der Waals surface area (Å²) in [4.78, 5) is 12.8. The van der Waals surface area contributed by atoms with Gasteiger partial charge in [0.1, 0.15) is 11.5 Å². The number of esters is 1. The maximum absolute atomic E-state index is 12.7. The summed E-state index contributed by atoms with van der Waals surface area (Å²) in [6, 6.07) is 20.3. The van der Waals surface area contributed by atoms with Crippen molar-refractivity contribution in [2.75, 3.05) is 13.2 Å². The number of hydrogen-bond acceptors (Lipinski definition) is 6. The molecule has 0 aromatic heterocycles. The summed E-state index contributed by atoms with van der Waals surface area (Å²) < 4.78 is 41.5. The van der Waals surface area contributed by atoms with Crippen LogP contribution in [-0.4, -0.2) is 27.6 Å². The van der Waals surface area contributed by atoms with E-state index in [1.807, 2.05) is 0 Å². The second kappa shape index (κ2) is 22.9. The smallest absolute Gasteiger partial charge is 0.343 e. The zero-order chi connectivity index (χ0) is 34.3. The van der Waals surface area contributed by atoms with Gasteiger partial charge in [-0.3, -0.25) is 4.18 Å². The first-order valence-corrected chi connectivity index (χ1v) is 19.4. The van der Waals surface area contributed by atoms with Gasteiger partial charge in [-0.15, -0.1) is 0 Å². The van der Waals surface area contributed by atoms with Crippen LogP contribution < -0.4 is 9.47 Å². The normalized spacial score (nSPS) is 11.1. The molecule has 0 heterocycles. The lowest BCUT2D eigenvalue weighted by molar-refractivity contribution is 0.0734. The Kier molecular flexibility index (Phi) is 18.5. The van der Waals surface area contributed by atoms with E-state index in [9.17, 15) is 13.2 Å². The van der Waals surface area contributed by atoms with E-state index in [1.54, 1.807) is 60.7 Å². The first kappa shape index (κ1) is 38.8. The summed E-state index contributed by atoms with van der Waals surface area (Å²) in [5.41, 5.74) is 1.86. The molecule has 0 aliphatic heterocycles. The highest BCUT2D eigenvalue weighted by atomic mass is 32.2. The minimum atomic E-state index is -3.79. The van der Waals surface area contributed by atoms with Crippen LogP contribution in [0.25, 0.3) is 0 Å². The van der Waals surface area contributed by atoms with Crippen molar-refractivity contribution >= 4 is 16.1 Å². The Hall–Kier alpha value is -3.60. The molecule has 48 heavy (non-hydrogen) atoms. The fraction of sp³-hybridized carbons (Fsp3) is 0.488. The van der Waals surface area contributed by atoms with Gasteiger partial charge in [0.15, 0.2) is 0 Å². The summed E-state index contributed by atoms with van der Waals surface area (Å²) in [5.74, 6) is 6.82. The average molecular weight is 675 g/mol. The van der Waals surface area contributed by atoms with Crippen molar-refractivity contribution in [2.24, 2.45) is 0 Å². The van der Waals surface area contributed by atoms with E-state index in [4.69, 9.17) is 13.7 Å². The molecular weight excluding hydrogens is 621 g/mol. The van der Waals surface area contributed by atoms with E-state index >= 15 is 0 Å². The summed E-state index contributed by atoms with van der Waals surface area (Å²) in [6.45, 7) is 5.29. The third-order valence-electron chi connectivity index (χ3n) is 8.15. The molecule has 3 aromatic rings. The predicted molar refractivity (Wildman–Crippen MR) is 194 cm³/mol. The average Bonchev–Trinajstić information content (AvgIpc) is 3.10. The second-order valence-electron chi connectivity index (χ2n) is 12.3. The van der Waals surface area contributed by atoms with E-state index in [1.165, 1.54) is 89.2 Å². The molecule has 0 unspecified atom stereocenters. The molecule has 0 atom stereocenters. The van der Waals surface area contributed by atoms with Gasteiger partial charge in [0, 0.05) is 11.1 Å². The molecule has 0 fully saturated rings. The van der Waals surface area contributed by atoms with Crippen LogP contribution >= 0.6 is 0 Å². The largest absolute Gasteiger partial charge is 0.494 e. The van der Waals surface area contributed by atoms with Gasteiger partial charge in [0.05, 0.1) is 23.7 Å². The zero-order valence-electron chi connectivity index (χ0n) is 29.0. The Labute approximate surface area is 289 Å². The first-order chi connectivity index (χ1) is 23.4. The minimum Gasteiger partial charge on any atom is -0.494 e. The maximum Gasteiger partial charge on any atom is 0.343 e. The molecule has 0 bridgehead atoms. The summed E-state index contributed by atoms with van der Waals surface area (Å²) >= 11 is 0. The van der Waals surface area contributed by atoms with Crippen LogP contribution in [0.1, 0.15) is 138 Å². The van der Waals surface area contributed by atoms with Crippen molar-refractivity contribution in [2.45, 2.75) is 121 Å². The molecule has 0 aliphatic carbocycles. The first-order valence-electron chi connectivity index (χ1n) is 18.0. The molecule has 3 aromatic carbocycles. The fourth-order valence-electron chi connectivity index (χ4n) is 5.21. The van der Waals surface area contributed by atoms with Crippen molar-refractivity contribution in [3.63, 3.8) is 0 Å². The van der Waals surface area contributed by atoms with Crippen LogP contribution in [0, 0.1) is 11.8 Å². The number of unbranched alkanes of at least 4 members (excludes halogenated alkanes) is 14. The standard InChI is InChI=1S/C41H54O6S/c1-3-5-7-9-11-12-13-14-15-17-33-45-38-29-25-37(26-30-38)41(42)47-39-27-21-35(22-28-39)19-20-36-23-31-40(32-24-36)48(43,44)46-34-18-16-10-8-6-4-2/h21-32H,3-18,33-34H2,1-2H3. The lowest BCUT2D eigenvalue weighted by atomic mass is 10.1. The lowest BCUT2D eigenvalue weighted by Gasteiger charge is -2.08. The van der Waals surface area contributed by atoms with Crippen LogP contribution in [0.5, 0.6) is 11.5 Å². The Balaban J connectivity index is 1.36. The molecule has 0 spiro atoms. The van der Waals surface area contributed by atoms with Gasteiger partial charge in [0.2, 0.25) is 0 Å². The topological polar surface area (TPSA) is 78.9 Å². The Morgan fingerprint density at radius 1 is 0.542 bits per heavy atom. The van der Waals surface area contributed by atoms with Gasteiger partial charge in [-0.05, 0) is 85.6 Å². The molecule has 0 radical (unpaired) electrons. The highest BCUT2D eigenvalue weighted by Crippen LogP contribution is 2.19. The number of ether oxygens (including phenoxy) is 2. The molecule has 0 saturated heterocycles. The summed E-state index contributed by atoms with van der Waals surface area (Å²) in [6.07, 6.45) is 19.2. The van der Waals surface area contributed by atoms with Gasteiger partial charge in [-0.1, -0.05) is 116 Å². The molecule has 0 amide bonds. The molecular formula is C41H54O6S. The van der Waals surface area contributed by atoms with Gasteiger partial charge >= 0.3 is 5.97 Å². The SMILES string of the molecule is CCCCCCCCCCCCOc1ccc(C(=O)Oc2ccc(C#Cc3ccc(S(=O)(=O)OCCCCCCCC)cc3)cc2)cc1. The molecule has 6 nitrogen and oxygen atoms in total. The zero-order valence-corrected chi connectivity index (χ0v) is 29.8. The van der Waals surface area contributed by atoms with Gasteiger partial charge in [-0.25, -0.2) is 4.79 Å². The highest BCUT2D eigenvalue weighted by Gasteiger charge is 2.14. The second-order valence-corrected chi connectivity index (χ2v) is 13.9. The summed E-state index contributed by atoms with van der Waals surface area (Å²) in [7, 11) is -3.79. The van der Waals surface area contributed by atoms with Gasteiger partial charge < -0.3 is 9.47 Å². The minimum absolute atomic E-state index is 0.122. The van der Waals surface area contributed by atoms with Crippen LogP contribution in [0.4, 0.5) is 0 Å². The number of carbonyl (C=O) groups excluding carboxylic acids is 1. The van der Waals surface area contributed by atoms with E-state index in [0.29, 0.717) is 23.5 Å². The van der Waals surface area contributed by atoms with Crippen LogP contribution in [0.3, 0.4) is 0 Å².